The Morgan fingerprint density at radius 3 is 2.74 bits per heavy atom. The van der Waals surface area contributed by atoms with Gasteiger partial charge in [0.1, 0.15) is 0 Å². The molecule has 0 aromatic heterocycles. The Balaban J connectivity index is 2.00. The molecule has 1 N–H and O–H groups in total. The molecule has 19 heavy (non-hydrogen) atoms. The standard InChI is InChI=1S/C16H25NS2/c1-11-6-5-7-14(8-11)9-15(17-4)16-10-18-12(2)13(3)19-16/h5-8,12-13,15-17H,9-10H2,1-4H3. The molecule has 1 nitrogen and oxygen atoms in total. The number of rotatable bonds is 4. The monoisotopic (exact) mass is 295 g/mol. The average Bonchev–Trinajstić information content (AvgIpc) is 2.39. The van der Waals surface area contributed by atoms with E-state index in [1.807, 2.05) is 0 Å². The zero-order valence-corrected chi connectivity index (χ0v) is 14.0. The highest BCUT2D eigenvalue weighted by atomic mass is 32.2. The fourth-order valence-corrected chi connectivity index (χ4v) is 5.70. The molecule has 0 radical (unpaired) electrons. The van der Waals surface area contributed by atoms with Crippen molar-refractivity contribution in [3.63, 3.8) is 0 Å². The van der Waals surface area contributed by atoms with E-state index in [1.165, 1.54) is 16.9 Å². The van der Waals surface area contributed by atoms with Gasteiger partial charge in [0.25, 0.3) is 0 Å². The zero-order chi connectivity index (χ0) is 13.8. The Morgan fingerprint density at radius 1 is 1.32 bits per heavy atom. The van der Waals surface area contributed by atoms with E-state index in [0.29, 0.717) is 6.04 Å². The summed E-state index contributed by atoms with van der Waals surface area (Å²) in [7, 11) is 2.11. The number of hydrogen-bond donors (Lipinski definition) is 1. The Labute approximate surface area is 126 Å². The van der Waals surface area contributed by atoms with Crippen LogP contribution in [0.15, 0.2) is 24.3 Å². The summed E-state index contributed by atoms with van der Waals surface area (Å²) < 4.78 is 0. The molecule has 1 aliphatic heterocycles. The molecule has 106 valence electrons. The van der Waals surface area contributed by atoms with Crippen molar-refractivity contribution < 1.29 is 0 Å². The van der Waals surface area contributed by atoms with Crippen LogP contribution >= 0.6 is 23.5 Å². The summed E-state index contributed by atoms with van der Waals surface area (Å²) in [5.41, 5.74) is 2.82. The largest absolute Gasteiger partial charge is 0.316 e. The lowest BCUT2D eigenvalue weighted by molar-refractivity contribution is 0.554. The summed E-state index contributed by atoms with van der Waals surface area (Å²) in [6, 6.07) is 9.49. The van der Waals surface area contributed by atoms with E-state index in [-0.39, 0.29) is 0 Å². The molecule has 1 aliphatic rings. The molecular formula is C16H25NS2. The highest BCUT2D eigenvalue weighted by Gasteiger charge is 2.30. The fourth-order valence-electron chi connectivity index (χ4n) is 2.53. The molecule has 1 aromatic rings. The van der Waals surface area contributed by atoms with E-state index < -0.39 is 0 Å². The van der Waals surface area contributed by atoms with Gasteiger partial charge in [-0.3, -0.25) is 0 Å². The number of hydrogen-bond acceptors (Lipinski definition) is 3. The lowest BCUT2D eigenvalue weighted by Crippen LogP contribution is -2.43. The van der Waals surface area contributed by atoms with Crippen molar-refractivity contribution in [2.24, 2.45) is 0 Å². The Hall–Kier alpha value is -0.120. The first-order valence-electron chi connectivity index (χ1n) is 7.10. The first-order valence-corrected chi connectivity index (χ1v) is 9.09. The molecule has 1 heterocycles. The second kappa shape index (κ2) is 7.05. The first kappa shape index (κ1) is 15.3. The summed E-state index contributed by atoms with van der Waals surface area (Å²) in [4.78, 5) is 0. The minimum Gasteiger partial charge on any atom is -0.316 e. The maximum absolute atomic E-state index is 3.54. The van der Waals surface area contributed by atoms with Gasteiger partial charge in [0.15, 0.2) is 0 Å². The van der Waals surface area contributed by atoms with E-state index >= 15 is 0 Å². The van der Waals surface area contributed by atoms with Gasteiger partial charge >= 0.3 is 0 Å². The molecule has 0 spiro atoms. The van der Waals surface area contributed by atoms with E-state index in [4.69, 9.17) is 0 Å². The predicted octanol–water partition coefficient (Wildman–Crippen LogP) is 3.75. The van der Waals surface area contributed by atoms with E-state index in [1.54, 1.807) is 0 Å². The van der Waals surface area contributed by atoms with Gasteiger partial charge in [-0.15, -0.1) is 0 Å². The second-order valence-corrected chi connectivity index (χ2v) is 8.54. The number of likely N-dealkylation sites (N-methyl/N-ethyl adjacent to an activating group) is 1. The summed E-state index contributed by atoms with van der Waals surface area (Å²) in [6.07, 6.45) is 1.14. The molecule has 4 unspecified atom stereocenters. The van der Waals surface area contributed by atoms with E-state index in [0.717, 1.165) is 22.2 Å². The second-order valence-electron chi connectivity index (χ2n) is 5.51. The number of thioether (sulfide) groups is 2. The van der Waals surface area contributed by atoms with Crippen LogP contribution in [0.5, 0.6) is 0 Å². The van der Waals surface area contributed by atoms with Gasteiger partial charge in [-0.1, -0.05) is 43.7 Å². The van der Waals surface area contributed by atoms with Crippen molar-refractivity contribution >= 4 is 23.5 Å². The Bertz CT molecular complexity index is 407. The van der Waals surface area contributed by atoms with Crippen molar-refractivity contribution in [2.45, 2.75) is 49.0 Å². The van der Waals surface area contributed by atoms with Crippen LogP contribution < -0.4 is 5.32 Å². The summed E-state index contributed by atoms with van der Waals surface area (Å²) in [5, 5.41) is 5.82. The zero-order valence-electron chi connectivity index (χ0n) is 12.3. The molecule has 1 aromatic carbocycles. The highest BCUT2D eigenvalue weighted by Crippen LogP contribution is 2.37. The summed E-state index contributed by atoms with van der Waals surface area (Å²) >= 11 is 4.30. The topological polar surface area (TPSA) is 12.0 Å². The SMILES string of the molecule is CNC(Cc1cccc(C)c1)C1CSC(C)C(C)S1. The van der Waals surface area contributed by atoms with Gasteiger partial charge in [-0.05, 0) is 26.0 Å². The summed E-state index contributed by atoms with van der Waals surface area (Å²) in [5.74, 6) is 1.27. The normalized spacial score (nSPS) is 29.2. The van der Waals surface area contributed by atoms with Crippen LogP contribution in [-0.4, -0.2) is 34.6 Å². The molecule has 0 saturated carbocycles. The quantitative estimate of drug-likeness (QED) is 0.908. The lowest BCUT2D eigenvalue weighted by Gasteiger charge is -2.36. The van der Waals surface area contributed by atoms with E-state index in [2.05, 4.69) is 80.9 Å². The molecule has 4 atom stereocenters. The third kappa shape index (κ3) is 4.17. The third-order valence-electron chi connectivity index (χ3n) is 3.93. The van der Waals surface area contributed by atoms with Gasteiger partial charge in [0, 0.05) is 27.5 Å². The van der Waals surface area contributed by atoms with Crippen molar-refractivity contribution in [2.75, 3.05) is 12.8 Å². The van der Waals surface area contributed by atoms with Crippen LogP contribution in [0.1, 0.15) is 25.0 Å². The van der Waals surface area contributed by atoms with Crippen molar-refractivity contribution in [1.29, 1.82) is 0 Å². The van der Waals surface area contributed by atoms with Gasteiger partial charge in [-0.25, -0.2) is 0 Å². The molecule has 0 amide bonds. The molecule has 1 fully saturated rings. The van der Waals surface area contributed by atoms with E-state index in [9.17, 15) is 0 Å². The minimum atomic E-state index is 0.578. The van der Waals surface area contributed by atoms with Gasteiger partial charge < -0.3 is 5.32 Å². The minimum absolute atomic E-state index is 0.578. The Kier molecular flexibility index (Phi) is 5.67. The Morgan fingerprint density at radius 2 is 2.11 bits per heavy atom. The van der Waals surface area contributed by atoms with Crippen molar-refractivity contribution in [1.82, 2.24) is 5.32 Å². The van der Waals surface area contributed by atoms with Crippen molar-refractivity contribution in [3.05, 3.63) is 35.4 Å². The van der Waals surface area contributed by atoms with Crippen LogP contribution in [0.3, 0.4) is 0 Å². The van der Waals surface area contributed by atoms with Crippen LogP contribution in [0.2, 0.25) is 0 Å². The molecule has 3 heteroatoms. The molecule has 1 saturated heterocycles. The fraction of sp³-hybridized carbons (Fsp3) is 0.625. The lowest BCUT2D eigenvalue weighted by atomic mass is 10.0. The van der Waals surface area contributed by atoms with Crippen LogP contribution in [-0.2, 0) is 6.42 Å². The maximum Gasteiger partial charge on any atom is 0.0298 e. The number of benzene rings is 1. The molecular weight excluding hydrogens is 270 g/mol. The van der Waals surface area contributed by atoms with Gasteiger partial charge in [-0.2, -0.15) is 23.5 Å². The van der Waals surface area contributed by atoms with Crippen molar-refractivity contribution in [3.8, 4) is 0 Å². The van der Waals surface area contributed by atoms with Crippen LogP contribution in [0.25, 0.3) is 0 Å². The predicted molar refractivity (Wildman–Crippen MR) is 90.5 cm³/mol. The molecule has 2 rings (SSSR count). The summed E-state index contributed by atoms with van der Waals surface area (Å²) in [6.45, 7) is 6.90. The van der Waals surface area contributed by atoms with Gasteiger partial charge in [0.2, 0.25) is 0 Å². The number of nitrogens with one attached hydrogen (secondary N) is 1. The first-order chi connectivity index (χ1) is 9.10. The van der Waals surface area contributed by atoms with Crippen LogP contribution in [0, 0.1) is 6.92 Å². The molecule has 0 aliphatic carbocycles. The maximum atomic E-state index is 3.54. The average molecular weight is 296 g/mol. The highest BCUT2D eigenvalue weighted by molar-refractivity contribution is 8.07. The smallest absolute Gasteiger partial charge is 0.0298 e. The van der Waals surface area contributed by atoms with Crippen LogP contribution in [0.4, 0.5) is 0 Å². The third-order valence-corrected chi connectivity index (χ3v) is 7.48. The molecule has 0 bridgehead atoms. The number of aryl methyl sites for hydroxylation is 1. The van der Waals surface area contributed by atoms with Gasteiger partial charge in [0.05, 0.1) is 0 Å².